The highest BCUT2D eigenvalue weighted by Crippen LogP contribution is 2.41. The second kappa shape index (κ2) is 8.31. The Morgan fingerprint density at radius 2 is 2.11 bits per heavy atom. The fourth-order valence-electron chi connectivity index (χ4n) is 4.23. The first kappa shape index (κ1) is 19.5. The van der Waals surface area contributed by atoms with Crippen LogP contribution in [-0.2, 0) is 27.2 Å². The number of rotatable bonds is 5. The molecule has 2 aromatic heterocycles. The van der Waals surface area contributed by atoms with E-state index < -0.39 is 0 Å². The molecule has 0 amide bonds. The van der Waals surface area contributed by atoms with Gasteiger partial charge >= 0.3 is 5.97 Å². The fourth-order valence-corrected chi connectivity index (χ4v) is 5.54. The van der Waals surface area contributed by atoms with E-state index >= 15 is 0 Å². The van der Waals surface area contributed by atoms with Gasteiger partial charge in [-0.05, 0) is 38.7 Å². The molecule has 0 saturated carbocycles. The summed E-state index contributed by atoms with van der Waals surface area (Å²) in [5.41, 5.74) is 0.854. The number of hydrogen-bond acceptors (Lipinski definition) is 7. The van der Waals surface area contributed by atoms with E-state index in [-0.39, 0.29) is 17.4 Å². The van der Waals surface area contributed by atoms with Crippen molar-refractivity contribution in [3.8, 4) is 0 Å². The maximum atomic E-state index is 13.4. The van der Waals surface area contributed by atoms with Gasteiger partial charge in [0.25, 0.3) is 5.56 Å². The molecule has 1 saturated heterocycles. The van der Waals surface area contributed by atoms with E-state index in [1.807, 2.05) is 13.8 Å². The maximum Gasteiger partial charge on any atom is 0.313 e. The first-order chi connectivity index (χ1) is 13.6. The highest BCUT2D eigenvalue weighted by atomic mass is 32.1. The molecule has 152 valence electrons. The summed E-state index contributed by atoms with van der Waals surface area (Å²) in [6.45, 7) is 8.72. The van der Waals surface area contributed by atoms with E-state index in [9.17, 15) is 9.59 Å². The Bertz CT molecular complexity index is 930. The molecule has 0 aromatic carbocycles. The third-order valence-corrected chi connectivity index (χ3v) is 6.84. The zero-order chi connectivity index (χ0) is 19.7. The molecule has 8 heteroatoms. The number of ether oxygens (including phenoxy) is 2. The molecule has 1 aliphatic carbocycles. The van der Waals surface area contributed by atoms with Gasteiger partial charge in [-0.1, -0.05) is 0 Å². The highest BCUT2D eigenvalue weighted by Gasteiger charge is 2.33. The molecule has 28 heavy (non-hydrogen) atoms. The Hall–Kier alpha value is -1.77. The minimum atomic E-state index is -0.345. The average molecular weight is 406 g/mol. The smallest absolute Gasteiger partial charge is 0.313 e. The average Bonchev–Trinajstić information content (AvgIpc) is 3.07. The normalized spacial score (nSPS) is 20.3. The lowest BCUT2D eigenvalue weighted by molar-refractivity contribution is -0.145. The molecular weight excluding hydrogens is 378 g/mol. The quantitative estimate of drug-likeness (QED) is 0.709. The van der Waals surface area contributed by atoms with Gasteiger partial charge in [-0.25, -0.2) is 4.98 Å². The van der Waals surface area contributed by atoms with Gasteiger partial charge in [0.05, 0.1) is 31.1 Å². The molecular formula is C20H27N3O4S. The first-order valence-electron chi connectivity index (χ1n) is 10.1. The van der Waals surface area contributed by atoms with Crippen molar-refractivity contribution >= 4 is 27.5 Å². The van der Waals surface area contributed by atoms with Crippen molar-refractivity contribution in [3.05, 3.63) is 26.6 Å². The van der Waals surface area contributed by atoms with Crippen molar-refractivity contribution in [2.24, 2.45) is 0 Å². The zero-order valence-corrected chi connectivity index (χ0v) is 17.3. The fraction of sp³-hybridized carbons (Fsp3) is 0.650. The number of aryl methyl sites for hydroxylation is 2. The van der Waals surface area contributed by atoms with E-state index in [1.165, 1.54) is 0 Å². The lowest BCUT2D eigenvalue weighted by Crippen LogP contribution is -2.39. The number of morpholine rings is 1. The van der Waals surface area contributed by atoms with Gasteiger partial charge in [-0.3, -0.25) is 19.1 Å². The van der Waals surface area contributed by atoms with Crippen molar-refractivity contribution in [3.63, 3.8) is 0 Å². The van der Waals surface area contributed by atoms with Crippen molar-refractivity contribution in [2.75, 3.05) is 39.5 Å². The van der Waals surface area contributed by atoms with Crippen molar-refractivity contribution < 1.29 is 14.3 Å². The molecule has 1 atom stereocenters. The number of hydrogen-bond donors (Lipinski definition) is 0. The third kappa shape index (κ3) is 3.60. The van der Waals surface area contributed by atoms with Crippen LogP contribution in [0.3, 0.4) is 0 Å². The Labute approximate surface area is 168 Å². The van der Waals surface area contributed by atoms with Crippen LogP contribution in [0.5, 0.6) is 0 Å². The number of nitrogens with zero attached hydrogens (tertiary/aromatic N) is 3. The lowest BCUT2D eigenvalue weighted by atomic mass is 9.86. The van der Waals surface area contributed by atoms with Crippen molar-refractivity contribution in [1.29, 1.82) is 0 Å². The molecule has 0 N–H and O–H groups in total. The Kier molecular flexibility index (Phi) is 5.80. The van der Waals surface area contributed by atoms with Gasteiger partial charge < -0.3 is 9.47 Å². The largest absolute Gasteiger partial charge is 0.466 e. The SMILES string of the molecule is CCOC(=O)C1CCCc2sc3nc(C)n(CCN4CCOCC4)c(=O)c3c21. The van der Waals surface area contributed by atoms with Gasteiger partial charge in [-0.15, -0.1) is 11.3 Å². The van der Waals surface area contributed by atoms with E-state index in [2.05, 4.69) is 4.90 Å². The monoisotopic (exact) mass is 405 g/mol. The van der Waals surface area contributed by atoms with Crippen molar-refractivity contribution in [2.45, 2.75) is 45.6 Å². The number of carbonyl (C=O) groups is 1. The number of aromatic nitrogens is 2. The minimum Gasteiger partial charge on any atom is -0.466 e. The number of carbonyl (C=O) groups excluding carboxylic acids is 1. The maximum absolute atomic E-state index is 13.4. The molecule has 0 bridgehead atoms. The lowest BCUT2D eigenvalue weighted by Gasteiger charge is -2.27. The Balaban J connectivity index is 1.71. The molecule has 1 unspecified atom stereocenters. The summed E-state index contributed by atoms with van der Waals surface area (Å²) in [4.78, 5) is 34.9. The summed E-state index contributed by atoms with van der Waals surface area (Å²) in [7, 11) is 0. The van der Waals surface area contributed by atoms with Crippen LogP contribution >= 0.6 is 11.3 Å². The number of thiophene rings is 1. The summed E-state index contributed by atoms with van der Waals surface area (Å²) in [6, 6.07) is 0. The topological polar surface area (TPSA) is 73.7 Å². The van der Waals surface area contributed by atoms with Crippen LogP contribution < -0.4 is 5.56 Å². The second-order valence-electron chi connectivity index (χ2n) is 7.39. The zero-order valence-electron chi connectivity index (χ0n) is 16.5. The van der Waals surface area contributed by atoms with Crippen LogP contribution in [0.25, 0.3) is 10.2 Å². The Morgan fingerprint density at radius 1 is 1.32 bits per heavy atom. The van der Waals surface area contributed by atoms with E-state index in [0.29, 0.717) is 18.5 Å². The Morgan fingerprint density at radius 3 is 2.86 bits per heavy atom. The molecule has 1 aliphatic heterocycles. The molecule has 3 heterocycles. The van der Waals surface area contributed by atoms with Gasteiger partial charge in [0.1, 0.15) is 10.7 Å². The van der Waals surface area contributed by atoms with Crippen LogP contribution in [0.15, 0.2) is 4.79 Å². The van der Waals surface area contributed by atoms with Gasteiger partial charge in [-0.2, -0.15) is 0 Å². The predicted octanol–water partition coefficient (Wildman–Crippen LogP) is 2.08. The van der Waals surface area contributed by atoms with E-state index in [4.69, 9.17) is 14.5 Å². The van der Waals surface area contributed by atoms with Crippen LogP contribution in [-0.4, -0.2) is 59.9 Å². The van der Waals surface area contributed by atoms with Crippen LogP contribution in [0.1, 0.15) is 41.9 Å². The highest BCUT2D eigenvalue weighted by molar-refractivity contribution is 7.18. The molecule has 1 fully saturated rings. The van der Waals surface area contributed by atoms with Crippen molar-refractivity contribution in [1.82, 2.24) is 14.5 Å². The molecule has 2 aromatic rings. The van der Waals surface area contributed by atoms with Crippen LogP contribution in [0.4, 0.5) is 0 Å². The summed E-state index contributed by atoms with van der Waals surface area (Å²) in [5.74, 6) is 0.169. The minimum absolute atomic E-state index is 0.0237. The predicted molar refractivity (Wildman–Crippen MR) is 108 cm³/mol. The standard InChI is InChI=1S/C20H27N3O4S/c1-3-27-20(25)14-5-4-6-15-16(14)17-18(28-15)21-13(2)23(19(17)24)8-7-22-9-11-26-12-10-22/h14H,3-12H2,1-2H3. The molecule has 0 spiro atoms. The van der Waals surface area contributed by atoms with Gasteiger partial charge in [0.2, 0.25) is 0 Å². The van der Waals surface area contributed by atoms with Gasteiger partial charge in [0, 0.05) is 31.1 Å². The summed E-state index contributed by atoms with van der Waals surface area (Å²) < 4.78 is 12.5. The molecule has 4 rings (SSSR count). The summed E-state index contributed by atoms with van der Waals surface area (Å²) in [6.07, 6.45) is 2.57. The molecule has 7 nitrogen and oxygen atoms in total. The van der Waals surface area contributed by atoms with Crippen LogP contribution in [0, 0.1) is 6.92 Å². The summed E-state index contributed by atoms with van der Waals surface area (Å²) >= 11 is 1.56. The molecule has 0 radical (unpaired) electrons. The van der Waals surface area contributed by atoms with E-state index in [1.54, 1.807) is 15.9 Å². The number of fused-ring (bicyclic) bond motifs is 3. The number of esters is 1. The molecule has 2 aliphatic rings. The summed E-state index contributed by atoms with van der Waals surface area (Å²) in [5, 5.41) is 0.630. The van der Waals surface area contributed by atoms with E-state index in [0.717, 1.165) is 73.2 Å². The van der Waals surface area contributed by atoms with Crippen LogP contribution in [0.2, 0.25) is 0 Å². The second-order valence-corrected chi connectivity index (χ2v) is 8.47. The van der Waals surface area contributed by atoms with Gasteiger partial charge in [0.15, 0.2) is 0 Å². The first-order valence-corrected chi connectivity index (χ1v) is 10.9. The third-order valence-electron chi connectivity index (χ3n) is 5.68.